The van der Waals surface area contributed by atoms with Crippen LogP contribution in [0.4, 0.5) is 0 Å². The lowest BCUT2D eigenvalue weighted by Gasteiger charge is -1.90. The van der Waals surface area contributed by atoms with Gasteiger partial charge in [-0.1, -0.05) is 21.3 Å². The molecule has 2 heteroatoms. The van der Waals surface area contributed by atoms with Gasteiger partial charge in [-0.2, -0.15) is 25.3 Å². The average Bonchev–Trinajstić information content (AvgIpc) is 1.69. The molecule has 0 spiro atoms. The van der Waals surface area contributed by atoms with Crippen LogP contribution in [0, 0.1) is 0 Å². The zero-order chi connectivity index (χ0) is 5.54. The standard InChI is InChI=1S/C5H12S2.2CH4/c6-4-2-1-3-5-7;;/h6-7H,1-5H2;2*1H4. The zero-order valence-corrected chi connectivity index (χ0v) is 6.22. The third-order valence-corrected chi connectivity index (χ3v) is 1.45. The molecule has 9 heavy (non-hydrogen) atoms. The third kappa shape index (κ3) is 17.7. The Morgan fingerprint density at radius 3 is 1.22 bits per heavy atom. The summed E-state index contributed by atoms with van der Waals surface area (Å²) in [5, 5.41) is 0. The first kappa shape index (κ1) is 16.4. The first-order valence-electron chi connectivity index (χ1n) is 2.63. The molecule has 60 valence electrons. The van der Waals surface area contributed by atoms with Crippen molar-refractivity contribution in [3.8, 4) is 0 Å². The second kappa shape index (κ2) is 15.9. The van der Waals surface area contributed by atoms with Crippen LogP contribution in [0.5, 0.6) is 0 Å². The maximum absolute atomic E-state index is 4.07. The minimum Gasteiger partial charge on any atom is -0.179 e. The Labute approximate surface area is 71.3 Å². The molecule has 0 saturated carbocycles. The monoisotopic (exact) mass is 168 g/mol. The van der Waals surface area contributed by atoms with Gasteiger partial charge in [0.2, 0.25) is 0 Å². The summed E-state index contributed by atoms with van der Waals surface area (Å²) in [6, 6.07) is 0. The molecule has 0 fully saturated rings. The van der Waals surface area contributed by atoms with Crippen molar-refractivity contribution in [2.24, 2.45) is 0 Å². The molecule has 0 aromatic rings. The van der Waals surface area contributed by atoms with Crippen LogP contribution in [-0.2, 0) is 0 Å². The van der Waals surface area contributed by atoms with Crippen molar-refractivity contribution in [2.75, 3.05) is 11.5 Å². The van der Waals surface area contributed by atoms with Crippen molar-refractivity contribution >= 4 is 25.3 Å². The highest BCUT2D eigenvalue weighted by atomic mass is 32.1. The van der Waals surface area contributed by atoms with E-state index >= 15 is 0 Å². The third-order valence-electron chi connectivity index (χ3n) is 0.816. The normalized spacial score (nSPS) is 7.33. The predicted molar refractivity (Wildman–Crippen MR) is 55.0 cm³/mol. The van der Waals surface area contributed by atoms with Crippen molar-refractivity contribution in [3.05, 3.63) is 0 Å². The fourth-order valence-corrected chi connectivity index (χ4v) is 0.848. The van der Waals surface area contributed by atoms with Crippen LogP contribution in [0.15, 0.2) is 0 Å². The quantitative estimate of drug-likeness (QED) is 0.467. The van der Waals surface area contributed by atoms with Gasteiger partial charge in [-0.05, 0) is 24.3 Å². The van der Waals surface area contributed by atoms with E-state index in [2.05, 4.69) is 25.3 Å². The van der Waals surface area contributed by atoms with Gasteiger partial charge in [0.1, 0.15) is 0 Å². The van der Waals surface area contributed by atoms with Crippen LogP contribution < -0.4 is 0 Å². The number of hydrogen-bond donors (Lipinski definition) is 2. The van der Waals surface area contributed by atoms with Crippen molar-refractivity contribution < 1.29 is 0 Å². The molecule has 0 rings (SSSR count). The summed E-state index contributed by atoms with van der Waals surface area (Å²) >= 11 is 8.14. The van der Waals surface area contributed by atoms with E-state index in [1.165, 1.54) is 19.3 Å². The van der Waals surface area contributed by atoms with E-state index in [9.17, 15) is 0 Å². The summed E-state index contributed by atoms with van der Waals surface area (Å²) in [6.07, 6.45) is 3.76. The Morgan fingerprint density at radius 2 is 1.00 bits per heavy atom. The summed E-state index contributed by atoms with van der Waals surface area (Å²) in [7, 11) is 0. The highest BCUT2D eigenvalue weighted by molar-refractivity contribution is 7.80. The van der Waals surface area contributed by atoms with Gasteiger partial charge in [0.25, 0.3) is 0 Å². The smallest absolute Gasteiger partial charge is 0.00979 e. The minimum absolute atomic E-state index is 0. The summed E-state index contributed by atoms with van der Waals surface area (Å²) < 4.78 is 0. The highest BCUT2D eigenvalue weighted by Gasteiger charge is 1.80. The number of hydrogen-bond acceptors (Lipinski definition) is 2. The molecule has 0 aromatic carbocycles. The van der Waals surface area contributed by atoms with E-state index in [4.69, 9.17) is 0 Å². The van der Waals surface area contributed by atoms with Crippen molar-refractivity contribution in [1.29, 1.82) is 0 Å². The van der Waals surface area contributed by atoms with Crippen molar-refractivity contribution in [1.82, 2.24) is 0 Å². The molecular weight excluding hydrogens is 148 g/mol. The number of unbranched alkanes of at least 4 members (excludes halogenated alkanes) is 2. The van der Waals surface area contributed by atoms with Crippen LogP contribution in [0.2, 0.25) is 0 Å². The number of thiol groups is 2. The largest absolute Gasteiger partial charge is 0.179 e. The fraction of sp³-hybridized carbons (Fsp3) is 1.00. The van der Waals surface area contributed by atoms with E-state index < -0.39 is 0 Å². The molecule has 0 bridgehead atoms. The van der Waals surface area contributed by atoms with E-state index in [0.29, 0.717) is 0 Å². The van der Waals surface area contributed by atoms with Crippen molar-refractivity contribution in [2.45, 2.75) is 34.1 Å². The molecule has 0 nitrogen and oxygen atoms in total. The molecule has 0 atom stereocenters. The van der Waals surface area contributed by atoms with Gasteiger partial charge in [-0.3, -0.25) is 0 Å². The fourth-order valence-electron chi connectivity index (χ4n) is 0.400. The SMILES string of the molecule is C.C.SCCCCCS. The molecule has 0 saturated heterocycles. The van der Waals surface area contributed by atoms with Gasteiger partial charge < -0.3 is 0 Å². The molecule has 0 radical (unpaired) electrons. The Kier molecular flexibility index (Phi) is 28.9. The maximum atomic E-state index is 4.07. The van der Waals surface area contributed by atoms with Gasteiger partial charge in [-0.15, -0.1) is 0 Å². The van der Waals surface area contributed by atoms with Crippen LogP contribution in [-0.4, -0.2) is 11.5 Å². The van der Waals surface area contributed by atoms with Gasteiger partial charge in [0, 0.05) is 0 Å². The molecule has 0 heterocycles. The molecular formula is C7H20S2. The van der Waals surface area contributed by atoms with Gasteiger partial charge in [0.15, 0.2) is 0 Å². The van der Waals surface area contributed by atoms with Crippen molar-refractivity contribution in [3.63, 3.8) is 0 Å². The Bertz CT molecular complexity index is 26.1. The summed E-state index contributed by atoms with van der Waals surface area (Å²) in [4.78, 5) is 0. The van der Waals surface area contributed by atoms with Crippen LogP contribution >= 0.6 is 25.3 Å². The lowest BCUT2D eigenvalue weighted by atomic mass is 10.3. The Hall–Kier alpha value is 0.700. The van der Waals surface area contributed by atoms with Crippen LogP contribution in [0.3, 0.4) is 0 Å². The van der Waals surface area contributed by atoms with Gasteiger partial charge in [0.05, 0.1) is 0 Å². The van der Waals surface area contributed by atoms with E-state index in [1.807, 2.05) is 0 Å². The van der Waals surface area contributed by atoms with Gasteiger partial charge >= 0.3 is 0 Å². The number of rotatable bonds is 4. The first-order chi connectivity index (χ1) is 3.41. The first-order valence-corrected chi connectivity index (χ1v) is 3.90. The van der Waals surface area contributed by atoms with Crippen LogP contribution in [0.1, 0.15) is 34.1 Å². The average molecular weight is 168 g/mol. The van der Waals surface area contributed by atoms with Gasteiger partial charge in [-0.25, -0.2) is 0 Å². The predicted octanol–water partition coefficient (Wildman–Crippen LogP) is 3.29. The van der Waals surface area contributed by atoms with E-state index in [-0.39, 0.29) is 14.9 Å². The molecule has 0 N–H and O–H groups in total. The summed E-state index contributed by atoms with van der Waals surface area (Å²) in [5.74, 6) is 2.04. The maximum Gasteiger partial charge on any atom is -0.00979 e. The molecule has 0 amide bonds. The minimum atomic E-state index is 0. The Morgan fingerprint density at radius 1 is 0.667 bits per heavy atom. The summed E-state index contributed by atoms with van der Waals surface area (Å²) in [5.41, 5.74) is 0. The highest BCUT2D eigenvalue weighted by Crippen LogP contribution is 1.96. The van der Waals surface area contributed by atoms with Crippen LogP contribution in [0.25, 0.3) is 0 Å². The molecule has 0 aliphatic rings. The molecule has 0 aliphatic heterocycles. The zero-order valence-electron chi connectivity index (χ0n) is 4.43. The second-order valence-corrected chi connectivity index (χ2v) is 2.40. The van der Waals surface area contributed by atoms with E-state index in [0.717, 1.165) is 11.5 Å². The topological polar surface area (TPSA) is 0 Å². The Balaban J connectivity index is -0.000000180. The molecule has 0 unspecified atom stereocenters. The second-order valence-electron chi connectivity index (χ2n) is 1.51. The van der Waals surface area contributed by atoms with E-state index in [1.54, 1.807) is 0 Å². The molecule has 0 aliphatic carbocycles. The lowest BCUT2D eigenvalue weighted by molar-refractivity contribution is 0.788. The summed E-state index contributed by atoms with van der Waals surface area (Å²) in [6.45, 7) is 0. The molecule has 0 aromatic heterocycles. The lowest BCUT2D eigenvalue weighted by Crippen LogP contribution is -1.77.